The number of halogens is 5. The van der Waals surface area contributed by atoms with E-state index >= 15 is 0 Å². The molecule has 1 aliphatic carbocycles. The fourth-order valence-corrected chi connectivity index (χ4v) is 0.733. The van der Waals surface area contributed by atoms with Gasteiger partial charge in [-0.25, -0.2) is 8.78 Å². The lowest BCUT2D eigenvalue weighted by molar-refractivity contribution is -0.0592. The van der Waals surface area contributed by atoms with E-state index in [1.165, 1.54) is 0 Å². The van der Waals surface area contributed by atoms with Crippen LogP contribution in [-0.2, 0) is 0 Å². The third kappa shape index (κ3) is 0.770. The second-order valence-corrected chi connectivity index (χ2v) is 3.18. The standard InChI is InChI=1S/C4HF4I/c5-2-1-3(6,7)4(2,8)9/h1H. The zero-order valence-corrected chi connectivity index (χ0v) is 6.12. The van der Waals surface area contributed by atoms with Crippen LogP contribution in [0.5, 0.6) is 0 Å². The Balaban J connectivity index is 2.94. The summed E-state index contributed by atoms with van der Waals surface area (Å²) >= 11 is 0.736. The van der Waals surface area contributed by atoms with E-state index in [1.54, 1.807) is 0 Å². The maximum absolute atomic E-state index is 12.2. The molecule has 1 unspecified atom stereocenters. The van der Waals surface area contributed by atoms with Crippen molar-refractivity contribution in [1.82, 2.24) is 0 Å². The highest BCUT2D eigenvalue weighted by Gasteiger charge is 2.63. The first kappa shape index (κ1) is 7.30. The van der Waals surface area contributed by atoms with Crippen molar-refractivity contribution in [2.45, 2.75) is 9.60 Å². The minimum Gasteiger partial charge on any atom is -0.217 e. The Hall–Kier alpha value is 0.190. The van der Waals surface area contributed by atoms with Gasteiger partial charge in [-0.2, -0.15) is 8.78 Å². The molecule has 0 aromatic rings. The van der Waals surface area contributed by atoms with E-state index < -0.39 is 15.4 Å². The normalized spacial score (nSPS) is 39.4. The topological polar surface area (TPSA) is 0 Å². The molecule has 52 valence electrons. The van der Waals surface area contributed by atoms with E-state index in [1.807, 2.05) is 0 Å². The Kier molecular flexibility index (Phi) is 1.31. The largest absolute Gasteiger partial charge is 0.318 e. The summed E-state index contributed by atoms with van der Waals surface area (Å²) in [5.41, 5.74) is 0. The third-order valence-corrected chi connectivity index (χ3v) is 2.26. The number of hydrogen-bond acceptors (Lipinski definition) is 0. The lowest BCUT2D eigenvalue weighted by Crippen LogP contribution is -2.46. The summed E-state index contributed by atoms with van der Waals surface area (Å²) < 4.78 is 44.6. The van der Waals surface area contributed by atoms with Crippen molar-refractivity contribution >= 4 is 22.6 Å². The Morgan fingerprint density at radius 3 is 1.78 bits per heavy atom. The van der Waals surface area contributed by atoms with Gasteiger partial charge in [0, 0.05) is 6.08 Å². The highest BCUT2D eigenvalue weighted by Crippen LogP contribution is 2.53. The summed E-state index contributed by atoms with van der Waals surface area (Å²) in [7, 11) is 0. The summed E-state index contributed by atoms with van der Waals surface area (Å²) in [6.45, 7) is 0. The molecule has 0 radical (unpaired) electrons. The molecular formula is C4HF4I. The monoisotopic (exact) mass is 252 g/mol. The molecule has 0 heterocycles. The van der Waals surface area contributed by atoms with Crippen LogP contribution in [0, 0.1) is 0 Å². The molecule has 0 amide bonds. The molecule has 0 saturated carbocycles. The van der Waals surface area contributed by atoms with E-state index in [0.29, 0.717) is 0 Å². The number of alkyl halides is 4. The Labute approximate surface area is 62.1 Å². The Morgan fingerprint density at radius 1 is 1.33 bits per heavy atom. The predicted molar refractivity (Wildman–Crippen MR) is 32.0 cm³/mol. The smallest absolute Gasteiger partial charge is 0.217 e. The molecule has 0 aromatic carbocycles. The molecule has 1 rings (SSSR count). The maximum Gasteiger partial charge on any atom is 0.318 e. The lowest BCUT2D eigenvalue weighted by Gasteiger charge is -2.32. The van der Waals surface area contributed by atoms with Crippen molar-refractivity contribution in [3.8, 4) is 0 Å². The van der Waals surface area contributed by atoms with Gasteiger partial charge >= 0.3 is 5.92 Å². The molecule has 9 heavy (non-hydrogen) atoms. The highest BCUT2D eigenvalue weighted by atomic mass is 127. The van der Waals surface area contributed by atoms with Gasteiger partial charge in [-0.15, -0.1) is 0 Å². The number of allylic oxidation sites excluding steroid dienone is 2. The van der Waals surface area contributed by atoms with Crippen LogP contribution in [0.2, 0.25) is 0 Å². The zero-order valence-electron chi connectivity index (χ0n) is 3.97. The van der Waals surface area contributed by atoms with E-state index in [-0.39, 0.29) is 6.08 Å². The van der Waals surface area contributed by atoms with Crippen LogP contribution in [0.25, 0.3) is 0 Å². The summed E-state index contributed by atoms with van der Waals surface area (Å²) in [5.74, 6) is -5.02. The fourth-order valence-electron chi connectivity index (χ4n) is 0.422. The molecule has 0 fully saturated rings. The average Bonchev–Trinajstić information content (AvgIpc) is 1.65. The van der Waals surface area contributed by atoms with Crippen LogP contribution in [0.3, 0.4) is 0 Å². The molecule has 0 N–H and O–H groups in total. The first-order chi connectivity index (χ1) is 3.88. The Bertz CT molecular complexity index is 171. The van der Waals surface area contributed by atoms with Gasteiger partial charge in [-0.1, -0.05) is 0 Å². The van der Waals surface area contributed by atoms with Crippen molar-refractivity contribution in [3.63, 3.8) is 0 Å². The summed E-state index contributed by atoms with van der Waals surface area (Å²) in [6.07, 6.45) is -0.0283. The van der Waals surface area contributed by atoms with E-state index in [0.717, 1.165) is 22.6 Å². The molecule has 5 heteroatoms. The van der Waals surface area contributed by atoms with Crippen LogP contribution < -0.4 is 0 Å². The first-order valence-corrected chi connectivity index (χ1v) is 3.10. The van der Waals surface area contributed by atoms with E-state index in [2.05, 4.69) is 0 Å². The quantitative estimate of drug-likeness (QED) is 0.353. The second kappa shape index (κ2) is 1.62. The third-order valence-electron chi connectivity index (χ3n) is 1.03. The molecule has 0 nitrogen and oxygen atoms in total. The molecule has 0 aliphatic heterocycles. The SMILES string of the molecule is FC1=CC(F)(F)C1(F)I. The van der Waals surface area contributed by atoms with Gasteiger partial charge in [0.25, 0.3) is 3.68 Å². The van der Waals surface area contributed by atoms with Gasteiger partial charge in [-0.3, -0.25) is 0 Å². The van der Waals surface area contributed by atoms with Gasteiger partial charge in [-0.05, 0) is 22.6 Å². The molecule has 0 saturated heterocycles. The fraction of sp³-hybridized carbons (Fsp3) is 0.500. The van der Waals surface area contributed by atoms with Gasteiger partial charge in [0.15, 0.2) is 5.83 Å². The van der Waals surface area contributed by atoms with Crippen LogP contribution in [0.4, 0.5) is 17.6 Å². The molecular weight excluding hydrogens is 251 g/mol. The summed E-state index contributed by atoms with van der Waals surface area (Å²) in [4.78, 5) is 0. The summed E-state index contributed by atoms with van der Waals surface area (Å²) in [5, 5.41) is 0. The zero-order chi connectivity index (χ0) is 7.28. The van der Waals surface area contributed by atoms with Crippen LogP contribution in [0.15, 0.2) is 11.9 Å². The lowest BCUT2D eigenvalue weighted by atomic mass is 10.0. The summed E-state index contributed by atoms with van der Waals surface area (Å²) in [6, 6.07) is 0. The van der Waals surface area contributed by atoms with Gasteiger partial charge < -0.3 is 0 Å². The second-order valence-electron chi connectivity index (χ2n) is 1.69. The average molecular weight is 252 g/mol. The molecule has 0 aromatic heterocycles. The minimum absolute atomic E-state index is 0.0283. The Morgan fingerprint density at radius 2 is 1.78 bits per heavy atom. The van der Waals surface area contributed by atoms with Crippen molar-refractivity contribution in [3.05, 3.63) is 11.9 Å². The van der Waals surface area contributed by atoms with Gasteiger partial charge in [0.2, 0.25) is 0 Å². The van der Waals surface area contributed by atoms with Crippen molar-refractivity contribution < 1.29 is 17.6 Å². The maximum atomic E-state index is 12.2. The van der Waals surface area contributed by atoms with E-state index in [9.17, 15) is 17.6 Å². The molecule has 1 atom stereocenters. The van der Waals surface area contributed by atoms with Crippen molar-refractivity contribution in [2.24, 2.45) is 0 Å². The molecule has 1 aliphatic rings. The highest BCUT2D eigenvalue weighted by molar-refractivity contribution is 14.1. The minimum atomic E-state index is -3.63. The van der Waals surface area contributed by atoms with Crippen LogP contribution in [-0.4, -0.2) is 9.60 Å². The van der Waals surface area contributed by atoms with Crippen molar-refractivity contribution in [2.75, 3.05) is 0 Å². The predicted octanol–water partition coefficient (Wildman–Crippen LogP) is 2.59. The first-order valence-electron chi connectivity index (χ1n) is 2.02. The van der Waals surface area contributed by atoms with Crippen LogP contribution in [0.1, 0.15) is 0 Å². The van der Waals surface area contributed by atoms with E-state index in [4.69, 9.17) is 0 Å². The molecule has 0 spiro atoms. The molecule has 0 bridgehead atoms. The number of rotatable bonds is 0. The van der Waals surface area contributed by atoms with Crippen LogP contribution >= 0.6 is 22.6 Å². The number of hydrogen-bond donors (Lipinski definition) is 0. The van der Waals surface area contributed by atoms with Gasteiger partial charge in [0.1, 0.15) is 0 Å². The van der Waals surface area contributed by atoms with Crippen molar-refractivity contribution in [1.29, 1.82) is 0 Å². The van der Waals surface area contributed by atoms with Gasteiger partial charge in [0.05, 0.1) is 0 Å².